The Bertz CT molecular complexity index is 668. The van der Waals surface area contributed by atoms with E-state index in [1.165, 1.54) is 6.21 Å². The molecule has 7 heteroatoms. The van der Waals surface area contributed by atoms with Gasteiger partial charge in [-0.2, -0.15) is 5.10 Å². The van der Waals surface area contributed by atoms with Gasteiger partial charge in [0.05, 0.1) is 10.7 Å². The van der Waals surface area contributed by atoms with Crippen LogP contribution in [0.5, 0.6) is 11.5 Å². The molecule has 0 bridgehead atoms. The molecule has 1 aliphatic heterocycles. The molecule has 0 atom stereocenters. The molecule has 6 nitrogen and oxygen atoms in total. The lowest BCUT2D eigenvalue weighted by Crippen LogP contribution is -2.17. The second-order valence-electron chi connectivity index (χ2n) is 4.02. The summed E-state index contributed by atoms with van der Waals surface area (Å²) in [5, 5.41) is 3.90. The number of fused-ring (bicyclic) bond motifs is 1. The van der Waals surface area contributed by atoms with Gasteiger partial charge in [-0.15, -0.1) is 0 Å². The smallest absolute Gasteiger partial charge is 0.287 e. The predicted molar refractivity (Wildman–Crippen MR) is 76.1 cm³/mol. The minimum Gasteiger partial charge on any atom is -0.454 e. The first-order valence-electron chi connectivity index (χ1n) is 5.80. The van der Waals surface area contributed by atoms with Crippen molar-refractivity contribution in [1.82, 2.24) is 10.4 Å². The van der Waals surface area contributed by atoms with E-state index in [1.54, 1.807) is 24.4 Å². The third-order valence-corrected chi connectivity index (χ3v) is 3.26. The molecule has 0 aliphatic carbocycles. The summed E-state index contributed by atoms with van der Waals surface area (Å²) >= 11 is 3.39. The van der Waals surface area contributed by atoms with Crippen molar-refractivity contribution >= 4 is 28.1 Å². The number of nitrogens with one attached hydrogen (secondary N) is 2. The highest BCUT2D eigenvalue weighted by Crippen LogP contribution is 2.39. The minimum atomic E-state index is -0.300. The maximum absolute atomic E-state index is 11.6. The van der Waals surface area contributed by atoms with Crippen LogP contribution in [0.4, 0.5) is 0 Å². The number of hydrogen-bond donors (Lipinski definition) is 2. The maximum atomic E-state index is 11.6. The normalized spacial score (nSPS) is 12.8. The zero-order valence-corrected chi connectivity index (χ0v) is 11.8. The molecule has 0 saturated carbocycles. The number of aromatic nitrogens is 1. The van der Waals surface area contributed by atoms with Crippen molar-refractivity contribution in [3.8, 4) is 11.5 Å². The summed E-state index contributed by atoms with van der Waals surface area (Å²) < 4.78 is 11.4. The second kappa shape index (κ2) is 5.38. The van der Waals surface area contributed by atoms with E-state index in [-0.39, 0.29) is 12.7 Å². The molecule has 102 valence electrons. The van der Waals surface area contributed by atoms with Gasteiger partial charge in [-0.05, 0) is 45.8 Å². The highest BCUT2D eigenvalue weighted by molar-refractivity contribution is 9.10. The van der Waals surface area contributed by atoms with Crippen molar-refractivity contribution in [2.45, 2.75) is 0 Å². The van der Waals surface area contributed by atoms with Crippen molar-refractivity contribution in [3.05, 3.63) is 46.2 Å². The van der Waals surface area contributed by atoms with E-state index >= 15 is 0 Å². The van der Waals surface area contributed by atoms with Gasteiger partial charge in [0.15, 0.2) is 11.5 Å². The van der Waals surface area contributed by atoms with E-state index in [1.807, 2.05) is 6.07 Å². The SMILES string of the molecule is O=C(N/N=C\c1cc(Br)c2c(c1)OCO2)c1ccc[nH]1. The van der Waals surface area contributed by atoms with E-state index in [2.05, 4.69) is 31.4 Å². The molecule has 2 aromatic rings. The van der Waals surface area contributed by atoms with E-state index < -0.39 is 0 Å². The monoisotopic (exact) mass is 335 g/mol. The van der Waals surface area contributed by atoms with Crippen molar-refractivity contribution in [2.24, 2.45) is 5.10 Å². The number of rotatable bonds is 3. The van der Waals surface area contributed by atoms with Crippen LogP contribution < -0.4 is 14.9 Å². The molecule has 0 saturated heterocycles. The number of H-pyrrole nitrogens is 1. The molecule has 1 amide bonds. The van der Waals surface area contributed by atoms with Gasteiger partial charge >= 0.3 is 0 Å². The Kier molecular flexibility index (Phi) is 3.42. The summed E-state index contributed by atoms with van der Waals surface area (Å²) in [5.41, 5.74) is 3.67. The average Bonchev–Trinajstić information content (AvgIpc) is 3.09. The molecule has 20 heavy (non-hydrogen) atoms. The van der Waals surface area contributed by atoms with Crippen LogP contribution in [0.2, 0.25) is 0 Å². The first-order chi connectivity index (χ1) is 9.74. The second-order valence-corrected chi connectivity index (χ2v) is 4.87. The molecular formula is C13H10BrN3O3. The standard InChI is InChI=1S/C13H10BrN3O3/c14-9-4-8(5-11-12(9)20-7-19-11)6-16-17-13(18)10-2-1-3-15-10/h1-6,15H,7H2,(H,17,18)/b16-6-. The van der Waals surface area contributed by atoms with Crippen molar-refractivity contribution in [1.29, 1.82) is 0 Å². The number of amides is 1. The Labute approximate surface area is 122 Å². The van der Waals surface area contributed by atoms with Crippen LogP contribution in [-0.2, 0) is 0 Å². The fraction of sp³-hybridized carbons (Fsp3) is 0.0769. The van der Waals surface area contributed by atoms with Crippen LogP contribution in [0, 0.1) is 0 Å². The lowest BCUT2D eigenvalue weighted by Gasteiger charge is -2.01. The average molecular weight is 336 g/mol. The lowest BCUT2D eigenvalue weighted by atomic mass is 10.2. The third-order valence-electron chi connectivity index (χ3n) is 2.67. The zero-order valence-electron chi connectivity index (χ0n) is 10.2. The summed E-state index contributed by atoms with van der Waals surface area (Å²) in [6.45, 7) is 0.206. The molecule has 0 unspecified atom stereocenters. The van der Waals surface area contributed by atoms with E-state index in [0.29, 0.717) is 17.2 Å². The number of carbonyl (C=O) groups is 1. The molecule has 2 heterocycles. The molecule has 1 aromatic heterocycles. The Hall–Kier alpha value is -2.28. The highest BCUT2D eigenvalue weighted by atomic mass is 79.9. The van der Waals surface area contributed by atoms with Crippen molar-refractivity contribution < 1.29 is 14.3 Å². The molecule has 1 aliphatic rings. The van der Waals surface area contributed by atoms with Crippen LogP contribution in [-0.4, -0.2) is 23.9 Å². The van der Waals surface area contributed by atoms with Crippen molar-refractivity contribution in [3.63, 3.8) is 0 Å². The Morgan fingerprint density at radius 2 is 2.35 bits per heavy atom. The lowest BCUT2D eigenvalue weighted by molar-refractivity contribution is 0.0951. The maximum Gasteiger partial charge on any atom is 0.287 e. The molecule has 0 spiro atoms. The third kappa shape index (κ3) is 2.53. The quantitative estimate of drug-likeness (QED) is 0.667. The van der Waals surface area contributed by atoms with Crippen LogP contribution in [0.1, 0.15) is 16.1 Å². The zero-order chi connectivity index (χ0) is 13.9. The molecule has 3 rings (SSSR count). The van der Waals surface area contributed by atoms with E-state index in [9.17, 15) is 4.79 Å². The van der Waals surface area contributed by atoms with Crippen LogP contribution >= 0.6 is 15.9 Å². The summed E-state index contributed by atoms with van der Waals surface area (Å²) in [4.78, 5) is 14.4. The summed E-state index contributed by atoms with van der Waals surface area (Å²) in [6.07, 6.45) is 3.21. The fourth-order valence-electron chi connectivity index (χ4n) is 1.76. The fourth-order valence-corrected chi connectivity index (χ4v) is 2.33. The van der Waals surface area contributed by atoms with Gasteiger partial charge in [0.2, 0.25) is 6.79 Å². The number of halogens is 1. The number of carbonyl (C=O) groups excluding carboxylic acids is 1. The molecule has 0 radical (unpaired) electrons. The van der Waals surface area contributed by atoms with Gasteiger partial charge in [-0.3, -0.25) is 4.79 Å². The number of benzene rings is 1. The Morgan fingerprint density at radius 3 is 3.15 bits per heavy atom. The van der Waals surface area contributed by atoms with Crippen LogP contribution in [0.3, 0.4) is 0 Å². The topological polar surface area (TPSA) is 75.7 Å². The van der Waals surface area contributed by atoms with Gasteiger partial charge < -0.3 is 14.5 Å². The number of hydrazone groups is 1. The summed E-state index contributed by atoms with van der Waals surface area (Å²) in [6, 6.07) is 7.03. The number of ether oxygens (including phenoxy) is 2. The van der Waals surface area contributed by atoms with E-state index in [0.717, 1.165) is 10.0 Å². The Balaban J connectivity index is 1.70. The highest BCUT2D eigenvalue weighted by Gasteiger charge is 2.17. The van der Waals surface area contributed by atoms with Gasteiger partial charge in [-0.1, -0.05) is 0 Å². The van der Waals surface area contributed by atoms with E-state index in [4.69, 9.17) is 9.47 Å². The minimum absolute atomic E-state index is 0.206. The summed E-state index contributed by atoms with van der Waals surface area (Å²) in [5.74, 6) is 1.03. The van der Waals surface area contributed by atoms with Gasteiger partial charge in [0.1, 0.15) is 5.69 Å². The van der Waals surface area contributed by atoms with Crippen LogP contribution in [0.15, 0.2) is 40.0 Å². The molecule has 1 aromatic carbocycles. The van der Waals surface area contributed by atoms with Gasteiger partial charge in [-0.25, -0.2) is 5.43 Å². The Morgan fingerprint density at radius 1 is 1.45 bits per heavy atom. The predicted octanol–water partition coefficient (Wildman–Crippen LogP) is 2.27. The van der Waals surface area contributed by atoms with Gasteiger partial charge in [0, 0.05) is 6.20 Å². The first kappa shape index (κ1) is 12.7. The van der Waals surface area contributed by atoms with Crippen LogP contribution in [0.25, 0.3) is 0 Å². The van der Waals surface area contributed by atoms with Crippen molar-refractivity contribution in [2.75, 3.05) is 6.79 Å². The number of aromatic amines is 1. The molecule has 0 fully saturated rings. The molecular weight excluding hydrogens is 326 g/mol. The summed E-state index contributed by atoms with van der Waals surface area (Å²) in [7, 11) is 0. The molecule has 2 N–H and O–H groups in total. The first-order valence-corrected chi connectivity index (χ1v) is 6.59. The largest absolute Gasteiger partial charge is 0.454 e. The van der Waals surface area contributed by atoms with Gasteiger partial charge in [0.25, 0.3) is 5.91 Å². The number of nitrogens with zero attached hydrogens (tertiary/aromatic N) is 1. The number of hydrogen-bond acceptors (Lipinski definition) is 4.